The predicted octanol–water partition coefficient (Wildman–Crippen LogP) is 2.93. The minimum atomic E-state index is -0.970. The highest BCUT2D eigenvalue weighted by atomic mass is 19.2. The van der Waals surface area contributed by atoms with E-state index < -0.39 is 11.6 Å². The average molecular weight is 249 g/mol. The summed E-state index contributed by atoms with van der Waals surface area (Å²) in [6.07, 6.45) is 3.66. The number of carbonyl (C=O) groups is 1. The van der Waals surface area contributed by atoms with Crippen molar-refractivity contribution in [3.63, 3.8) is 0 Å². The largest absolute Gasteiger partial charge is 0.367 e. The van der Waals surface area contributed by atoms with Crippen molar-refractivity contribution in [3.8, 4) is 0 Å². The Morgan fingerprint density at radius 3 is 2.56 bits per heavy atom. The van der Waals surface area contributed by atoms with Crippen LogP contribution in [0.1, 0.15) is 23.2 Å². The smallest absolute Gasteiger partial charge is 0.173 e. The van der Waals surface area contributed by atoms with Crippen molar-refractivity contribution in [1.29, 1.82) is 0 Å². The number of carbonyl (C=O) groups excluding carboxylic acids is 1. The molecule has 0 saturated heterocycles. The maximum absolute atomic E-state index is 13.3. The molecule has 0 amide bonds. The lowest BCUT2D eigenvalue weighted by Crippen LogP contribution is -2.40. The molecule has 4 heteroatoms. The van der Waals surface area contributed by atoms with Crippen molar-refractivity contribution in [1.82, 2.24) is 0 Å². The van der Waals surface area contributed by atoms with E-state index >= 15 is 0 Å². The van der Waals surface area contributed by atoms with Crippen LogP contribution in [0.4, 0.5) is 14.5 Å². The van der Waals surface area contributed by atoms with E-state index in [1.165, 1.54) is 0 Å². The molecule has 0 radical (unpaired) electrons. The maximum Gasteiger partial charge on any atom is 0.173 e. The highest BCUT2D eigenvalue weighted by molar-refractivity contribution is 6.05. The van der Waals surface area contributed by atoms with Crippen molar-refractivity contribution in [2.45, 2.75) is 18.9 Å². The molecule has 2 nitrogen and oxygen atoms in total. The zero-order valence-corrected chi connectivity index (χ0v) is 9.83. The van der Waals surface area contributed by atoms with Gasteiger partial charge < -0.3 is 4.90 Å². The van der Waals surface area contributed by atoms with Crippen molar-refractivity contribution >= 4 is 11.5 Å². The van der Waals surface area contributed by atoms with Gasteiger partial charge in [0.1, 0.15) is 0 Å². The van der Waals surface area contributed by atoms with Gasteiger partial charge in [-0.25, -0.2) is 8.78 Å². The lowest BCUT2D eigenvalue weighted by Gasteiger charge is -2.34. The highest BCUT2D eigenvalue weighted by Gasteiger charge is 2.38. The summed E-state index contributed by atoms with van der Waals surface area (Å²) in [5, 5.41) is 0. The summed E-state index contributed by atoms with van der Waals surface area (Å²) >= 11 is 0. The molecule has 1 aromatic rings. The molecule has 1 fully saturated rings. The van der Waals surface area contributed by atoms with Crippen LogP contribution in [0.2, 0.25) is 0 Å². The number of rotatable bonds is 2. The first-order chi connectivity index (χ1) is 8.61. The van der Waals surface area contributed by atoms with E-state index in [0.29, 0.717) is 18.3 Å². The van der Waals surface area contributed by atoms with E-state index in [4.69, 9.17) is 0 Å². The molecule has 1 aliphatic heterocycles. The summed E-state index contributed by atoms with van der Waals surface area (Å²) in [6.45, 7) is 4.17. The van der Waals surface area contributed by atoms with E-state index in [9.17, 15) is 13.6 Å². The summed E-state index contributed by atoms with van der Waals surface area (Å²) in [5.41, 5.74) is 0.802. The topological polar surface area (TPSA) is 20.3 Å². The molecule has 94 valence electrons. The molecule has 0 aromatic heterocycles. The second kappa shape index (κ2) is 3.90. The van der Waals surface area contributed by atoms with Gasteiger partial charge in [0.15, 0.2) is 17.4 Å². The van der Waals surface area contributed by atoms with Crippen molar-refractivity contribution in [3.05, 3.63) is 42.0 Å². The van der Waals surface area contributed by atoms with Crippen LogP contribution in [0.25, 0.3) is 0 Å². The molecule has 3 rings (SSSR count). The molecule has 18 heavy (non-hydrogen) atoms. The average Bonchev–Trinajstić information content (AvgIpc) is 3.17. The van der Waals surface area contributed by atoms with E-state index in [2.05, 4.69) is 6.58 Å². The molecular weight excluding hydrogens is 236 g/mol. The zero-order valence-electron chi connectivity index (χ0n) is 9.83. The molecule has 1 heterocycles. The molecule has 0 N–H and O–H groups in total. The molecule has 1 aromatic carbocycles. The Morgan fingerprint density at radius 2 is 1.94 bits per heavy atom. The Balaban J connectivity index is 2.13. The number of ketones is 1. The van der Waals surface area contributed by atoms with Crippen LogP contribution in [-0.2, 0) is 0 Å². The Morgan fingerprint density at radius 1 is 1.28 bits per heavy atom. The van der Waals surface area contributed by atoms with E-state index in [1.807, 2.05) is 4.90 Å². The fraction of sp³-hybridized carbons (Fsp3) is 0.357. The van der Waals surface area contributed by atoms with E-state index in [-0.39, 0.29) is 17.3 Å². The van der Waals surface area contributed by atoms with Gasteiger partial charge in [-0.2, -0.15) is 0 Å². The van der Waals surface area contributed by atoms with E-state index in [0.717, 1.165) is 25.0 Å². The van der Waals surface area contributed by atoms with Gasteiger partial charge in [0, 0.05) is 24.2 Å². The fourth-order valence-corrected chi connectivity index (χ4v) is 2.48. The van der Waals surface area contributed by atoms with Crippen molar-refractivity contribution in [2.24, 2.45) is 5.92 Å². The normalized spacial score (nSPS) is 22.9. The highest BCUT2D eigenvalue weighted by Crippen LogP contribution is 2.39. The zero-order chi connectivity index (χ0) is 12.9. The van der Waals surface area contributed by atoms with Crippen LogP contribution >= 0.6 is 0 Å². The molecule has 1 unspecified atom stereocenters. The van der Waals surface area contributed by atoms with Gasteiger partial charge in [0.2, 0.25) is 0 Å². The molecular formula is C14H13F2NO. The number of benzene rings is 1. The monoisotopic (exact) mass is 249 g/mol. The molecule has 0 spiro atoms. The second-order valence-corrected chi connectivity index (χ2v) is 4.87. The third kappa shape index (κ3) is 1.64. The summed E-state index contributed by atoms with van der Waals surface area (Å²) in [6, 6.07) is 2.50. The lowest BCUT2D eigenvalue weighted by molar-refractivity contribution is 0.0940. The van der Waals surface area contributed by atoms with Crippen LogP contribution in [-0.4, -0.2) is 18.4 Å². The predicted molar refractivity (Wildman–Crippen MR) is 64.7 cm³/mol. The molecule has 1 atom stereocenters. The summed E-state index contributed by atoms with van der Waals surface area (Å²) in [7, 11) is 0. The number of anilines is 1. The summed E-state index contributed by atoms with van der Waals surface area (Å²) < 4.78 is 26.6. The van der Waals surface area contributed by atoms with Crippen LogP contribution in [0.5, 0.6) is 0 Å². The quantitative estimate of drug-likeness (QED) is 0.751. The summed E-state index contributed by atoms with van der Waals surface area (Å²) in [5.74, 6) is -2.37. The minimum absolute atomic E-state index is 0.171. The Hall–Kier alpha value is -1.71. The molecule has 0 bridgehead atoms. The fourth-order valence-electron chi connectivity index (χ4n) is 2.48. The van der Waals surface area contributed by atoms with E-state index in [1.54, 1.807) is 6.08 Å². The Kier molecular flexibility index (Phi) is 2.47. The lowest BCUT2D eigenvalue weighted by atomic mass is 9.90. The van der Waals surface area contributed by atoms with Crippen molar-refractivity contribution in [2.75, 3.05) is 11.4 Å². The number of Topliss-reactive ketones (excluding diaryl/α,β-unsaturated/α-hetero) is 1. The first-order valence-corrected chi connectivity index (χ1v) is 6.04. The number of nitrogens with zero attached hydrogens (tertiary/aromatic N) is 1. The van der Waals surface area contributed by atoms with Crippen LogP contribution in [0.15, 0.2) is 24.8 Å². The minimum Gasteiger partial charge on any atom is -0.367 e. The van der Waals surface area contributed by atoms with Gasteiger partial charge in [-0.1, -0.05) is 6.08 Å². The SMILES string of the molecule is C=CC1CN(C2CC2)c2cc(F)c(F)cc2C1=O. The van der Waals surface area contributed by atoms with Gasteiger partial charge in [-0.05, 0) is 18.9 Å². The number of hydrogen-bond acceptors (Lipinski definition) is 2. The molecule has 1 saturated carbocycles. The third-order valence-electron chi connectivity index (χ3n) is 3.62. The standard InChI is InChI=1S/C14H13F2NO/c1-2-8-7-17(9-3-4-9)13-6-12(16)11(15)5-10(13)14(8)18/h2,5-6,8-9H,1,3-4,7H2. The Labute approximate surface area is 104 Å². The summed E-state index contributed by atoms with van der Waals surface area (Å²) in [4.78, 5) is 14.1. The maximum atomic E-state index is 13.3. The second-order valence-electron chi connectivity index (χ2n) is 4.87. The van der Waals surface area contributed by atoms with Crippen LogP contribution in [0, 0.1) is 17.6 Å². The van der Waals surface area contributed by atoms with Gasteiger partial charge in [0.05, 0.1) is 11.6 Å². The van der Waals surface area contributed by atoms with Gasteiger partial charge in [0.25, 0.3) is 0 Å². The Bertz CT molecular complexity index is 537. The third-order valence-corrected chi connectivity index (χ3v) is 3.62. The number of halogens is 2. The first kappa shape index (κ1) is 11.4. The first-order valence-electron chi connectivity index (χ1n) is 6.04. The van der Waals surface area contributed by atoms with Crippen LogP contribution in [0.3, 0.4) is 0 Å². The van der Waals surface area contributed by atoms with Crippen LogP contribution < -0.4 is 4.90 Å². The van der Waals surface area contributed by atoms with Gasteiger partial charge in [-0.3, -0.25) is 4.79 Å². The van der Waals surface area contributed by atoms with Gasteiger partial charge in [-0.15, -0.1) is 6.58 Å². The number of hydrogen-bond donors (Lipinski definition) is 0. The molecule has 2 aliphatic rings. The van der Waals surface area contributed by atoms with Gasteiger partial charge >= 0.3 is 0 Å². The number of fused-ring (bicyclic) bond motifs is 1. The van der Waals surface area contributed by atoms with Crippen molar-refractivity contribution < 1.29 is 13.6 Å². The molecule has 1 aliphatic carbocycles.